The summed E-state index contributed by atoms with van der Waals surface area (Å²) in [5.74, 6) is -0.438. The summed E-state index contributed by atoms with van der Waals surface area (Å²) in [6.07, 6.45) is 1.38. The number of nitrogens with one attached hydrogen (secondary N) is 1. The monoisotopic (exact) mass is 413 g/mol. The molecule has 1 aliphatic heterocycles. The van der Waals surface area contributed by atoms with E-state index in [1.807, 2.05) is 32.2 Å². The van der Waals surface area contributed by atoms with E-state index in [9.17, 15) is 13.2 Å². The molecule has 0 spiro atoms. The van der Waals surface area contributed by atoms with Crippen LogP contribution in [0, 0.1) is 19.8 Å². The van der Waals surface area contributed by atoms with Crippen LogP contribution in [0.1, 0.15) is 41.4 Å². The van der Waals surface area contributed by atoms with Crippen LogP contribution in [-0.4, -0.2) is 36.7 Å². The van der Waals surface area contributed by atoms with Crippen molar-refractivity contribution < 1.29 is 13.2 Å². The fourth-order valence-corrected chi connectivity index (χ4v) is 6.70. The van der Waals surface area contributed by atoms with Gasteiger partial charge in [-0.15, -0.1) is 22.7 Å². The number of hydrogen-bond acceptors (Lipinski definition) is 6. The number of amides is 1. The third kappa shape index (κ3) is 4.16. The Morgan fingerprint density at radius 3 is 2.77 bits per heavy atom. The maximum Gasteiger partial charge on any atom is 0.252 e. The Morgan fingerprint density at radius 1 is 1.38 bits per heavy atom. The molecule has 2 aromatic heterocycles. The van der Waals surface area contributed by atoms with Crippen LogP contribution in [0.4, 0.5) is 0 Å². The molecule has 2 atom stereocenters. The highest BCUT2D eigenvalue weighted by atomic mass is 32.2. The summed E-state index contributed by atoms with van der Waals surface area (Å²) in [5.41, 5.74) is 0.843. The number of carbonyl (C=O) groups excluding carboxylic acids is 1. The fourth-order valence-electron chi connectivity index (χ4n) is 3.04. The molecule has 1 aliphatic rings. The normalized spacial score (nSPS) is 20.0. The molecule has 0 radical (unpaired) electrons. The van der Waals surface area contributed by atoms with Crippen molar-refractivity contribution in [2.45, 2.75) is 43.9 Å². The molecule has 1 N–H and O–H groups in total. The summed E-state index contributed by atoms with van der Waals surface area (Å²) in [6, 6.07) is 3.27. The van der Waals surface area contributed by atoms with E-state index >= 15 is 0 Å². The topological polar surface area (TPSA) is 79.4 Å². The third-order valence-electron chi connectivity index (χ3n) is 4.50. The molecule has 142 valence electrons. The first-order valence-electron chi connectivity index (χ1n) is 8.56. The van der Waals surface area contributed by atoms with Gasteiger partial charge in [0.15, 0.2) is 0 Å². The number of carbonyl (C=O) groups is 1. The average molecular weight is 414 g/mol. The molecule has 1 fully saturated rings. The fraction of sp³-hybridized carbons (Fsp3) is 0.529. The lowest BCUT2D eigenvalue weighted by molar-refractivity contribution is -0.126. The van der Waals surface area contributed by atoms with Gasteiger partial charge in [0.25, 0.3) is 10.0 Å². The van der Waals surface area contributed by atoms with Gasteiger partial charge in [0.05, 0.1) is 22.7 Å². The van der Waals surface area contributed by atoms with Gasteiger partial charge in [-0.1, -0.05) is 0 Å². The Morgan fingerprint density at radius 2 is 2.15 bits per heavy atom. The molecule has 0 saturated carbocycles. The molecule has 2 aromatic rings. The van der Waals surface area contributed by atoms with Crippen molar-refractivity contribution in [3.63, 3.8) is 0 Å². The van der Waals surface area contributed by atoms with Crippen LogP contribution < -0.4 is 5.32 Å². The van der Waals surface area contributed by atoms with Gasteiger partial charge in [-0.05, 0) is 45.7 Å². The molecule has 6 nitrogen and oxygen atoms in total. The van der Waals surface area contributed by atoms with Gasteiger partial charge < -0.3 is 5.32 Å². The maximum absolute atomic E-state index is 12.8. The summed E-state index contributed by atoms with van der Waals surface area (Å²) in [4.78, 5) is 18.0. The first-order chi connectivity index (χ1) is 12.3. The number of rotatable bonds is 5. The second-order valence-electron chi connectivity index (χ2n) is 6.59. The minimum absolute atomic E-state index is 0.106. The first-order valence-corrected chi connectivity index (χ1v) is 11.7. The van der Waals surface area contributed by atoms with Gasteiger partial charge in [0, 0.05) is 23.3 Å². The average Bonchev–Trinajstić information content (AvgIpc) is 3.24. The standard InChI is InChI=1S/C17H23N3O3S3/c1-11-6-7-16(25-11)26(22,23)20-8-4-5-14(9-20)17(21)18-12(2)15-10-24-13(3)19-15/h6-7,10,12,14H,4-5,8-9H2,1-3H3,(H,18,21). The van der Waals surface area contributed by atoms with Crippen LogP contribution in [0.15, 0.2) is 21.7 Å². The summed E-state index contributed by atoms with van der Waals surface area (Å²) in [7, 11) is -3.52. The van der Waals surface area contributed by atoms with Crippen LogP contribution >= 0.6 is 22.7 Å². The van der Waals surface area contributed by atoms with Crippen molar-refractivity contribution in [1.29, 1.82) is 0 Å². The molecule has 0 aliphatic carbocycles. The van der Waals surface area contributed by atoms with Crippen molar-refractivity contribution in [2.75, 3.05) is 13.1 Å². The Balaban J connectivity index is 1.67. The molecular weight excluding hydrogens is 390 g/mol. The molecule has 3 rings (SSSR count). The van der Waals surface area contributed by atoms with E-state index in [1.165, 1.54) is 15.6 Å². The van der Waals surface area contributed by atoms with E-state index in [0.717, 1.165) is 15.6 Å². The molecule has 0 bridgehead atoms. The maximum atomic E-state index is 12.8. The SMILES string of the molecule is Cc1ccc(S(=O)(=O)N2CCCC(C(=O)NC(C)c3csc(C)n3)C2)s1. The Hall–Kier alpha value is -1.29. The van der Waals surface area contributed by atoms with Crippen molar-refractivity contribution in [1.82, 2.24) is 14.6 Å². The number of hydrogen-bond donors (Lipinski definition) is 1. The third-order valence-corrected chi connectivity index (χ3v) is 8.63. The van der Waals surface area contributed by atoms with Gasteiger partial charge >= 0.3 is 0 Å². The lowest BCUT2D eigenvalue weighted by Crippen LogP contribution is -2.45. The number of thiophene rings is 1. The molecule has 9 heteroatoms. The Kier molecular flexibility index (Phi) is 5.81. The summed E-state index contributed by atoms with van der Waals surface area (Å²) in [6.45, 7) is 6.41. The van der Waals surface area contributed by atoms with Gasteiger partial charge in [0.2, 0.25) is 5.91 Å². The molecule has 1 saturated heterocycles. The first kappa shape index (κ1) is 19.5. The highest BCUT2D eigenvalue weighted by Crippen LogP contribution is 2.28. The zero-order valence-corrected chi connectivity index (χ0v) is 17.5. The summed E-state index contributed by atoms with van der Waals surface area (Å²) < 4.78 is 27.4. The van der Waals surface area contributed by atoms with Crippen LogP contribution in [-0.2, 0) is 14.8 Å². The van der Waals surface area contributed by atoms with Gasteiger partial charge in [-0.3, -0.25) is 4.79 Å². The molecule has 2 unspecified atom stereocenters. The quantitative estimate of drug-likeness (QED) is 0.817. The minimum Gasteiger partial charge on any atom is -0.348 e. The molecule has 0 aromatic carbocycles. The predicted molar refractivity (Wildman–Crippen MR) is 104 cm³/mol. The van der Waals surface area contributed by atoms with Crippen LogP contribution in [0.3, 0.4) is 0 Å². The molecule has 3 heterocycles. The highest BCUT2D eigenvalue weighted by molar-refractivity contribution is 7.91. The lowest BCUT2D eigenvalue weighted by atomic mass is 9.98. The van der Waals surface area contributed by atoms with E-state index in [-0.39, 0.29) is 24.4 Å². The van der Waals surface area contributed by atoms with E-state index in [1.54, 1.807) is 17.4 Å². The number of piperidine rings is 1. The molecular formula is C17H23N3O3S3. The Labute approximate surface area is 162 Å². The van der Waals surface area contributed by atoms with Crippen molar-refractivity contribution >= 4 is 38.6 Å². The van der Waals surface area contributed by atoms with Crippen molar-refractivity contribution in [2.24, 2.45) is 5.92 Å². The number of aryl methyl sites for hydroxylation is 2. The van der Waals surface area contributed by atoms with E-state index in [0.29, 0.717) is 23.6 Å². The smallest absolute Gasteiger partial charge is 0.252 e. The largest absolute Gasteiger partial charge is 0.348 e. The number of sulfonamides is 1. The van der Waals surface area contributed by atoms with E-state index < -0.39 is 10.0 Å². The van der Waals surface area contributed by atoms with Crippen molar-refractivity contribution in [3.05, 3.63) is 33.1 Å². The van der Waals surface area contributed by atoms with Crippen molar-refractivity contribution in [3.8, 4) is 0 Å². The van der Waals surface area contributed by atoms with E-state index in [2.05, 4.69) is 10.3 Å². The highest BCUT2D eigenvalue weighted by Gasteiger charge is 2.34. The zero-order valence-electron chi connectivity index (χ0n) is 15.1. The zero-order chi connectivity index (χ0) is 18.9. The number of aromatic nitrogens is 1. The lowest BCUT2D eigenvalue weighted by Gasteiger charge is -2.31. The number of thiazole rings is 1. The molecule has 26 heavy (non-hydrogen) atoms. The van der Waals surface area contributed by atoms with Gasteiger partial charge in [-0.25, -0.2) is 13.4 Å². The second-order valence-corrected chi connectivity index (χ2v) is 11.1. The summed E-state index contributed by atoms with van der Waals surface area (Å²) in [5, 5.41) is 5.88. The van der Waals surface area contributed by atoms with Crippen LogP contribution in [0.25, 0.3) is 0 Å². The summed E-state index contributed by atoms with van der Waals surface area (Å²) >= 11 is 2.82. The van der Waals surface area contributed by atoms with Crippen LogP contribution in [0.5, 0.6) is 0 Å². The van der Waals surface area contributed by atoms with Gasteiger partial charge in [-0.2, -0.15) is 4.31 Å². The minimum atomic E-state index is -3.52. The molecule has 1 amide bonds. The Bertz CT molecular complexity index is 888. The van der Waals surface area contributed by atoms with E-state index in [4.69, 9.17) is 0 Å². The van der Waals surface area contributed by atoms with Crippen LogP contribution in [0.2, 0.25) is 0 Å². The predicted octanol–water partition coefficient (Wildman–Crippen LogP) is 3.10. The second kappa shape index (κ2) is 7.75. The van der Waals surface area contributed by atoms with Gasteiger partial charge in [0.1, 0.15) is 4.21 Å². The number of nitrogens with zero attached hydrogens (tertiary/aromatic N) is 2.